The Hall–Kier alpha value is -3.39. The molecule has 0 aliphatic heterocycles. The van der Waals surface area contributed by atoms with Gasteiger partial charge in [-0.15, -0.1) is 0 Å². The molecular formula is C25H26F3N3O2. The number of hydrogen-bond donors (Lipinski definition) is 2. The number of likely N-dealkylation sites (N-methyl/N-ethyl adjacent to an activating group) is 1. The summed E-state index contributed by atoms with van der Waals surface area (Å²) in [4.78, 5) is 17.0. The Morgan fingerprint density at radius 2 is 1.73 bits per heavy atom. The van der Waals surface area contributed by atoms with Gasteiger partial charge < -0.3 is 10.1 Å². The van der Waals surface area contributed by atoms with E-state index in [1.807, 2.05) is 36.4 Å². The van der Waals surface area contributed by atoms with Gasteiger partial charge in [-0.05, 0) is 42.2 Å². The van der Waals surface area contributed by atoms with Crippen molar-refractivity contribution in [2.45, 2.75) is 31.1 Å². The number of aryl methyl sites for hydroxylation is 1. The Kier molecular flexibility index (Phi) is 8.06. The predicted molar refractivity (Wildman–Crippen MR) is 120 cm³/mol. The number of nitrogens with one attached hydrogen (secondary N) is 2. The van der Waals surface area contributed by atoms with Crippen LogP contribution in [0.2, 0.25) is 0 Å². The molecule has 8 heteroatoms. The molecule has 0 bridgehead atoms. The molecule has 33 heavy (non-hydrogen) atoms. The minimum atomic E-state index is -4.37. The first-order valence-corrected chi connectivity index (χ1v) is 10.5. The molecular weight excluding hydrogens is 431 g/mol. The molecule has 0 radical (unpaired) electrons. The van der Waals surface area contributed by atoms with E-state index in [1.165, 1.54) is 19.2 Å². The summed E-state index contributed by atoms with van der Waals surface area (Å²) in [6.45, 7) is 0. The van der Waals surface area contributed by atoms with Gasteiger partial charge in [-0.3, -0.25) is 10.1 Å². The van der Waals surface area contributed by atoms with Gasteiger partial charge in [0.25, 0.3) is 0 Å². The van der Waals surface area contributed by atoms with Crippen molar-refractivity contribution < 1.29 is 22.7 Å². The fourth-order valence-corrected chi connectivity index (χ4v) is 3.65. The summed E-state index contributed by atoms with van der Waals surface area (Å²) in [6, 6.07) is 17.1. The molecule has 3 aromatic rings. The number of ether oxygens (including phenoxy) is 1. The zero-order valence-electron chi connectivity index (χ0n) is 18.4. The number of carbonyl (C=O) groups excluding carboxylic acids is 1. The van der Waals surface area contributed by atoms with Crippen LogP contribution in [-0.4, -0.2) is 25.0 Å². The summed E-state index contributed by atoms with van der Waals surface area (Å²) >= 11 is 0. The van der Waals surface area contributed by atoms with Gasteiger partial charge >= 0.3 is 6.18 Å². The van der Waals surface area contributed by atoms with Gasteiger partial charge in [-0.1, -0.05) is 48.5 Å². The lowest BCUT2D eigenvalue weighted by Crippen LogP contribution is -2.38. The number of carbonyl (C=O) groups is 1. The molecule has 0 unspecified atom stereocenters. The third-order valence-corrected chi connectivity index (χ3v) is 5.38. The molecule has 5 nitrogen and oxygen atoms in total. The second-order valence-electron chi connectivity index (χ2n) is 7.51. The van der Waals surface area contributed by atoms with Crippen molar-refractivity contribution in [1.29, 1.82) is 0 Å². The monoisotopic (exact) mass is 457 g/mol. The zero-order valence-corrected chi connectivity index (χ0v) is 18.4. The Balaban J connectivity index is 1.88. The first-order chi connectivity index (χ1) is 15.8. The fourth-order valence-electron chi connectivity index (χ4n) is 3.65. The lowest BCUT2D eigenvalue weighted by Gasteiger charge is -2.26. The first-order valence-electron chi connectivity index (χ1n) is 10.5. The van der Waals surface area contributed by atoms with Crippen LogP contribution in [0.1, 0.15) is 40.8 Å². The summed E-state index contributed by atoms with van der Waals surface area (Å²) in [5.41, 5.74) is 1.63. The predicted octanol–water partition coefficient (Wildman–Crippen LogP) is 4.86. The summed E-state index contributed by atoms with van der Waals surface area (Å²) in [5.74, 6) is 0.217. The van der Waals surface area contributed by atoms with Crippen LogP contribution in [-0.2, 0) is 17.4 Å². The molecule has 1 aromatic heterocycles. The smallest absolute Gasteiger partial charge is 0.416 e. The Morgan fingerprint density at radius 3 is 2.33 bits per heavy atom. The Labute approximate surface area is 191 Å². The fraction of sp³-hybridized carbons (Fsp3) is 0.280. The highest BCUT2D eigenvalue weighted by Crippen LogP contribution is 2.31. The van der Waals surface area contributed by atoms with Crippen LogP contribution in [0.5, 0.6) is 5.88 Å². The van der Waals surface area contributed by atoms with Crippen molar-refractivity contribution in [3.63, 3.8) is 0 Å². The molecule has 0 spiro atoms. The highest BCUT2D eigenvalue weighted by Gasteiger charge is 2.30. The highest BCUT2D eigenvalue weighted by molar-refractivity contribution is 5.83. The largest absolute Gasteiger partial charge is 0.481 e. The van der Waals surface area contributed by atoms with Crippen LogP contribution < -0.4 is 15.4 Å². The molecule has 2 aromatic carbocycles. The molecule has 174 valence electrons. The number of halogens is 3. The zero-order chi connectivity index (χ0) is 23.8. The van der Waals surface area contributed by atoms with Crippen molar-refractivity contribution >= 4 is 5.91 Å². The summed E-state index contributed by atoms with van der Waals surface area (Å²) in [5, 5.41) is 6.09. The third kappa shape index (κ3) is 6.32. The molecule has 2 atom stereocenters. The van der Waals surface area contributed by atoms with E-state index in [-0.39, 0.29) is 11.9 Å². The first kappa shape index (κ1) is 24.3. The van der Waals surface area contributed by atoms with E-state index in [4.69, 9.17) is 4.74 Å². The molecule has 1 heterocycles. The van der Waals surface area contributed by atoms with E-state index in [2.05, 4.69) is 15.6 Å². The van der Waals surface area contributed by atoms with E-state index >= 15 is 0 Å². The van der Waals surface area contributed by atoms with Crippen LogP contribution in [0.4, 0.5) is 13.2 Å². The van der Waals surface area contributed by atoms with Crippen LogP contribution in [0.25, 0.3) is 0 Å². The van der Waals surface area contributed by atoms with Gasteiger partial charge in [0.05, 0.1) is 12.7 Å². The normalized spacial score (nSPS) is 13.2. The number of benzene rings is 2. The SMILES string of the molecule is CNC(=O)[C@H](N[C@@H](CCc1ccc(C(F)(F)F)cc1)c1cccnc1OC)c1ccccc1. The standard InChI is InChI=1S/C25H26F3N3O2/c1-29-23(32)22(18-7-4-3-5-8-18)31-21(20-9-6-16-30-24(20)33-2)15-12-17-10-13-19(14-11-17)25(26,27)28/h3-11,13-14,16,21-22,31H,12,15H2,1-2H3,(H,29,32)/t21-,22+/m0/s1. The molecule has 0 saturated heterocycles. The van der Waals surface area contributed by atoms with Crippen molar-refractivity contribution in [1.82, 2.24) is 15.6 Å². The highest BCUT2D eigenvalue weighted by atomic mass is 19.4. The van der Waals surface area contributed by atoms with Crippen molar-refractivity contribution in [2.75, 3.05) is 14.2 Å². The Bertz CT molecular complexity index is 1040. The average molecular weight is 457 g/mol. The van der Waals surface area contributed by atoms with Crippen molar-refractivity contribution in [3.8, 4) is 5.88 Å². The van der Waals surface area contributed by atoms with Crippen molar-refractivity contribution in [3.05, 3.63) is 95.2 Å². The maximum Gasteiger partial charge on any atom is 0.416 e. The number of methoxy groups -OCH3 is 1. The van der Waals surface area contributed by atoms with Gasteiger partial charge in [0.2, 0.25) is 11.8 Å². The molecule has 0 aliphatic rings. The van der Waals surface area contributed by atoms with E-state index in [0.717, 1.165) is 28.8 Å². The molecule has 1 amide bonds. The lowest BCUT2D eigenvalue weighted by atomic mass is 9.96. The summed E-state index contributed by atoms with van der Waals surface area (Å²) in [6.07, 6.45) is -1.76. The van der Waals surface area contributed by atoms with E-state index in [1.54, 1.807) is 19.3 Å². The second kappa shape index (κ2) is 11.0. The molecule has 2 N–H and O–H groups in total. The molecule has 3 rings (SSSR count). The van der Waals surface area contributed by atoms with E-state index < -0.39 is 17.8 Å². The van der Waals surface area contributed by atoms with Crippen LogP contribution >= 0.6 is 0 Å². The van der Waals surface area contributed by atoms with E-state index in [9.17, 15) is 18.0 Å². The number of hydrogen-bond acceptors (Lipinski definition) is 4. The number of aromatic nitrogens is 1. The Morgan fingerprint density at radius 1 is 1.03 bits per heavy atom. The second-order valence-corrected chi connectivity index (χ2v) is 7.51. The number of amides is 1. The van der Waals surface area contributed by atoms with Crippen LogP contribution in [0.15, 0.2) is 72.9 Å². The molecule has 0 fully saturated rings. The molecule has 0 saturated carbocycles. The quantitative estimate of drug-likeness (QED) is 0.482. The average Bonchev–Trinajstić information content (AvgIpc) is 2.84. The van der Waals surface area contributed by atoms with Gasteiger partial charge in [-0.2, -0.15) is 13.2 Å². The number of rotatable bonds is 9. The van der Waals surface area contributed by atoms with E-state index in [0.29, 0.717) is 18.7 Å². The maximum absolute atomic E-state index is 12.9. The summed E-state index contributed by atoms with van der Waals surface area (Å²) in [7, 11) is 3.09. The number of pyridine rings is 1. The minimum Gasteiger partial charge on any atom is -0.481 e. The third-order valence-electron chi connectivity index (χ3n) is 5.38. The number of alkyl halides is 3. The van der Waals surface area contributed by atoms with Crippen LogP contribution in [0, 0.1) is 0 Å². The van der Waals surface area contributed by atoms with Gasteiger partial charge in [-0.25, -0.2) is 4.98 Å². The minimum absolute atomic E-state index is 0.205. The topological polar surface area (TPSA) is 63.2 Å². The van der Waals surface area contributed by atoms with Gasteiger partial charge in [0.15, 0.2) is 0 Å². The van der Waals surface area contributed by atoms with Crippen molar-refractivity contribution in [2.24, 2.45) is 0 Å². The van der Waals surface area contributed by atoms with Gasteiger partial charge in [0, 0.05) is 24.8 Å². The summed E-state index contributed by atoms with van der Waals surface area (Å²) < 4.78 is 44.1. The number of nitrogens with zero attached hydrogens (tertiary/aromatic N) is 1. The molecule has 0 aliphatic carbocycles. The van der Waals surface area contributed by atoms with Gasteiger partial charge in [0.1, 0.15) is 6.04 Å². The van der Waals surface area contributed by atoms with Crippen LogP contribution in [0.3, 0.4) is 0 Å². The lowest BCUT2D eigenvalue weighted by molar-refractivity contribution is -0.137. The maximum atomic E-state index is 12.9.